The van der Waals surface area contributed by atoms with Gasteiger partial charge in [-0.1, -0.05) is 30.3 Å². The smallest absolute Gasteiger partial charge is 0.248 e. The summed E-state index contributed by atoms with van der Waals surface area (Å²) in [6.07, 6.45) is 0.918. The van der Waals surface area contributed by atoms with Gasteiger partial charge in [-0.25, -0.2) is 0 Å². The lowest BCUT2D eigenvalue weighted by Gasteiger charge is -2.26. The van der Waals surface area contributed by atoms with Crippen molar-refractivity contribution in [2.24, 2.45) is 0 Å². The van der Waals surface area contributed by atoms with Crippen molar-refractivity contribution >= 4 is 0 Å². The van der Waals surface area contributed by atoms with E-state index < -0.39 is 0 Å². The van der Waals surface area contributed by atoms with Crippen LogP contribution in [0.15, 0.2) is 41.2 Å². The standard InChI is InChI=1S/C15H16N2O/c1-17-8-7-14-13(10-17)12(9-15(18)16-14)11-5-3-2-4-6-11/h2-6,9H,7-8,10H2,1H3,(H,16,18). The minimum Gasteiger partial charge on any atom is -0.326 e. The molecule has 0 spiro atoms. The van der Waals surface area contributed by atoms with Gasteiger partial charge in [0, 0.05) is 31.3 Å². The summed E-state index contributed by atoms with van der Waals surface area (Å²) in [5.74, 6) is 0. The number of nitrogens with one attached hydrogen (secondary N) is 1. The van der Waals surface area contributed by atoms with Crippen LogP contribution in [0.1, 0.15) is 11.3 Å². The van der Waals surface area contributed by atoms with Crippen molar-refractivity contribution in [3.8, 4) is 11.1 Å². The van der Waals surface area contributed by atoms with Crippen LogP contribution < -0.4 is 5.56 Å². The minimum absolute atomic E-state index is 0.00263. The second-order valence-electron chi connectivity index (χ2n) is 4.86. The van der Waals surface area contributed by atoms with Gasteiger partial charge in [-0.3, -0.25) is 4.79 Å². The molecule has 0 saturated carbocycles. The molecule has 0 amide bonds. The summed E-state index contributed by atoms with van der Waals surface area (Å²) in [7, 11) is 2.11. The molecule has 3 heteroatoms. The summed E-state index contributed by atoms with van der Waals surface area (Å²) >= 11 is 0. The maximum absolute atomic E-state index is 11.7. The lowest BCUT2D eigenvalue weighted by Crippen LogP contribution is -2.29. The molecule has 0 bridgehead atoms. The molecule has 1 aromatic carbocycles. The Bertz CT molecular complexity index is 616. The molecule has 3 rings (SSSR count). The van der Waals surface area contributed by atoms with E-state index in [-0.39, 0.29) is 5.56 Å². The number of H-pyrrole nitrogens is 1. The number of benzene rings is 1. The van der Waals surface area contributed by atoms with E-state index in [9.17, 15) is 4.79 Å². The monoisotopic (exact) mass is 240 g/mol. The highest BCUT2D eigenvalue weighted by Crippen LogP contribution is 2.27. The normalized spacial score (nSPS) is 15.4. The van der Waals surface area contributed by atoms with Crippen molar-refractivity contribution < 1.29 is 0 Å². The second-order valence-corrected chi connectivity index (χ2v) is 4.86. The number of aromatic amines is 1. The molecule has 0 fully saturated rings. The molecule has 0 unspecified atom stereocenters. The summed E-state index contributed by atoms with van der Waals surface area (Å²) in [4.78, 5) is 17.0. The first-order chi connectivity index (χ1) is 8.74. The Kier molecular flexibility index (Phi) is 2.76. The van der Waals surface area contributed by atoms with Crippen LogP contribution in [0, 0.1) is 0 Å². The van der Waals surface area contributed by atoms with Gasteiger partial charge < -0.3 is 9.88 Å². The van der Waals surface area contributed by atoms with Gasteiger partial charge in [0.05, 0.1) is 0 Å². The van der Waals surface area contributed by atoms with E-state index >= 15 is 0 Å². The summed E-state index contributed by atoms with van der Waals surface area (Å²) in [5.41, 5.74) is 4.54. The van der Waals surface area contributed by atoms with Crippen LogP contribution in [-0.4, -0.2) is 23.5 Å². The van der Waals surface area contributed by atoms with E-state index in [4.69, 9.17) is 0 Å². The maximum Gasteiger partial charge on any atom is 0.248 e. The fourth-order valence-corrected chi connectivity index (χ4v) is 2.56. The highest BCUT2D eigenvalue weighted by atomic mass is 16.1. The molecule has 18 heavy (non-hydrogen) atoms. The molecule has 0 atom stereocenters. The lowest BCUT2D eigenvalue weighted by atomic mass is 9.95. The molecule has 1 aliphatic heterocycles. The highest BCUT2D eigenvalue weighted by molar-refractivity contribution is 5.68. The number of pyridine rings is 1. The Morgan fingerprint density at radius 3 is 2.78 bits per heavy atom. The number of fused-ring (bicyclic) bond motifs is 1. The van der Waals surface area contributed by atoms with Crippen LogP contribution in [0.25, 0.3) is 11.1 Å². The van der Waals surface area contributed by atoms with Crippen molar-refractivity contribution in [2.45, 2.75) is 13.0 Å². The molecule has 1 N–H and O–H groups in total. The number of aromatic nitrogens is 1. The van der Waals surface area contributed by atoms with E-state index in [1.807, 2.05) is 18.2 Å². The van der Waals surface area contributed by atoms with Crippen molar-refractivity contribution in [3.63, 3.8) is 0 Å². The number of nitrogens with zero attached hydrogens (tertiary/aromatic N) is 1. The van der Waals surface area contributed by atoms with E-state index in [0.29, 0.717) is 0 Å². The molecule has 2 aromatic rings. The molecule has 92 valence electrons. The van der Waals surface area contributed by atoms with Gasteiger partial charge in [-0.05, 0) is 23.7 Å². The SMILES string of the molecule is CN1CCc2[nH]c(=O)cc(-c3ccccc3)c2C1. The second kappa shape index (κ2) is 4.42. The molecule has 1 aliphatic rings. The molecule has 0 saturated heterocycles. The van der Waals surface area contributed by atoms with Gasteiger partial charge in [-0.2, -0.15) is 0 Å². The molecule has 3 nitrogen and oxygen atoms in total. The van der Waals surface area contributed by atoms with Crippen molar-refractivity contribution in [2.75, 3.05) is 13.6 Å². The Balaban J connectivity index is 2.20. The molecular formula is C15H16N2O. The van der Waals surface area contributed by atoms with Gasteiger partial charge >= 0.3 is 0 Å². The lowest BCUT2D eigenvalue weighted by molar-refractivity contribution is 0.310. The zero-order chi connectivity index (χ0) is 12.5. The first-order valence-corrected chi connectivity index (χ1v) is 6.23. The van der Waals surface area contributed by atoms with Gasteiger partial charge in [0.15, 0.2) is 0 Å². The van der Waals surface area contributed by atoms with Crippen LogP contribution in [0.5, 0.6) is 0 Å². The van der Waals surface area contributed by atoms with E-state index in [2.05, 4.69) is 29.1 Å². The quantitative estimate of drug-likeness (QED) is 0.828. The van der Waals surface area contributed by atoms with E-state index in [1.54, 1.807) is 6.07 Å². The number of hydrogen-bond donors (Lipinski definition) is 1. The molecule has 2 heterocycles. The van der Waals surface area contributed by atoms with Crippen LogP contribution in [0.3, 0.4) is 0 Å². The third-order valence-corrected chi connectivity index (χ3v) is 3.50. The first kappa shape index (κ1) is 11.2. The van der Waals surface area contributed by atoms with Crippen molar-refractivity contribution in [1.29, 1.82) is 0 Å². The zero-order valence-electron chi connectivity index (χ0n) is 10.4. The first-order valence-electron chi connectivity index (χ1n) is 6.23. The fraction of sp³-hybridized carbons (Fsp3) is 0.267. The van der Waals surface area contributed by atoms with Gasteiger partial charge in [-0.15, -0.1) is 0 Å². The molecule has 0 aliphatic carbocycles. The minimum atomic E-state index is -0.00263. The van der Waals surface area contributed by atoms with Crippen molar-refractivity contribution in [1.82, 2.24) is 9.88 Å². The predicted octanol–water partition coefficient (Wildman–Crippen LogP) is 2.03. The summed E-state index contributed by atoms with van der Waals surface area (Å²) < 4.78 is 0. The van der Waals surface area contributed by atoms with Gasteiger partial charge in [0.1, 0.15) is 0 Å². The third-order valence-electron chi connectivity index (χ3n) is 3.50. The highest BCUT2D eigenvalue weighted by Gasteiger charge is 2.18. The summed E-state index contributed by atoms with van der Waals surface area (Å²) in [5, 5.41) is 0. The summed E-state index contributed by atoms with van der Waals surface area (Å²) in [6, 6.07) is 11.8. The largest absolute Gasteiger partial charge is 0.326 e. The zero-order valence-corrected chi connectivity index (χ0v) is 10.4. The molecule has 1 aromatic heterocycles. The maximum atomic E-state index is 11.7. The van der Waals surface area contributed by atoms with Crippen LogP contribution >= 0.6 is 0 Å². The van der Waals surface area contributed by atoms with Crippen molar-refractivity contribution in [3.05, 3.63) is 58.0 Å². The molecule has 0 radical (unpaired) electrons. The Labute approximate surface area is 106 Å². The molecular weight excluding hydrogens is 224 g/mol. The number of hydrogen-bond acceptors (Lipinski definition) is 2. The number of likely N-dealkylation sites (N-methyl/N-ethyl adjacent to an activating group) is 1. The van der Waals surface area contributed by atoms with Gasteiger partial charge in [0.2, 0.25) is 5.56 Å². The predicted molar refractivity (Wildman–Crippen MR) is 72.5 cm³/mol. The van der Waals surface area contributed by atoms with Gasteiger partial charge in [0.25, 0.3) is 0 Å². The van der Waals surface area contributed by atoms with Crippen LogP contribution in [0.2, 0.25) is 0 Å². The number of rotatable bonds is 1. The fourth-order valence-electron chi connectivity index (χ4n) is 2.56. The Morgan fingerprint density at radius 1 is 1.22 bits per heavy atom. The topological polar surface area (TPSA) is 36.1 Å². The van der Waals surface area contributed by atoms with Crippen LogP contribution in [-0.2, 0) is 13.0 Å². The summed E-state index contributed by atoms with van der Waals surface area (Å²) in [6.45, 7) is 1.90. The Hall–Kier alpha value is -1.87. The van der Waals surface area contributed by atoms with Crippen LogP contribution in [0.4, 0.5) is 0 Å². The van der Waals surface area contributed by atoms with E-state index in [0.717, 1.165) is 36.3 Å². The average molecular weight is 240 g/mol. The van der Waals surface area contributed by atoms with E-state index in [1.165, 1.54) is 5.56 Å². The third kappa shape index (κ3) is 1.97. The average Bonchev–Trinajstić information content (AvgIpc) is 2.39. The Morgan fingerprint density at radius 2 is 2.00 bits per heavy atom.